The van der Waals surface area contributed by atoms with Crippen molar-refractivity contribution in [2.45, 2.75) is 29.9 Å². The fourth-order valence-electron chi connectivity index (χ4n) is 2.68. The Morgan fingerprint density at radius 1 is 1.35 bits per heavy atom. The lowest BCUT2D eigenvalue weighted by Gasteiger charge is -2.13. The largest absolute Gasteiger partial charge is 0.326 e. The molecule has 0 saturated carbocycles. The van der Waals surface area contributed by atoms with Crippen molar-refractivity contribution in [2.75, 3.05) is 23.4 Å². The fourth-order valence-corrected chi connectivity index (χ4v) is 5.52. The molecule has 0 aromatic heterocycles. The molecule has 2 saturated heterocycles. The van der Waals surface area contributed by atoms with Gasteiger partial charge < -0.3 is 10.6 Å². The van der Waals surface area contributed by atoms with E-state index in [-0.39, 0.29) is 5.91 Å². The SMILES string of the molecule is O=C(CC1CCCN1)Nc1cccc(C2SCCS2)c1. The van der Waals surface area contributed by atoms with Crippen LogP contribution in [0.5, 0.6) is 0 Å². The summed E-state index contributed by atoms with van der Waals surface area (Å²) in [6, 6.07) is 8.66. The molecule has 1 atom stereocenters. The molecule has 1 aromatic rings. The second-order valence-corrected chi connectivity index (χ2v) is 7.97. The highest BCUT2D eigenvalue weighted by Crippen LogP contribution is 2.45. The van der Waals surface area contributed by atoms with E-state index < -0.39 is 0 Å². The lowest BCUT2D eigenvalue weighted by molar-refractivity contribution is -0.116. The quantitative estimate of drug-likeness (QED) is 0.896. The second kappa shape index (κ2) is 6.87. The molecule has 0 spiro atoms. The predicted molar refractivity (Wildman–Crippen MR) is 88.4 cm³/mol. The van der Waals surface area contributed by atoms with Crippen LogP contribution in [0.1, 0.15) is 29.4 Å². The van der Waals surface area contributed by atoms with Gasteiger partial charge in [-0.3, -0.25) is 4.79 Å². The number of amides is 1. The van der Waals surface area contributed by atoms with Crippen LogP contribution < -0.4 is 10.6 Å². The first kappa shape index (κ1) is 14.3. The fraction of sp³-hybridized carbons (Fsp3) is 0.533. The molecule has 0 bridgehead atoms. The number of hydrogen-bond donors (Lipinski definition) is 2. The number of carbonyl (C=O) groups is 1. The monoisotopic (exact) mass is 308 g/mol. The number of rotatable bonds is 4. The molecular weight excluding hydrogens is 288 g/mol. The summed E-state index contributed by atoms with van der Waals surface area (Å²) in [5.74, 6) is 2.56. The van der Waals surface area contributed by atoms with E-state index in [9.17, 15) is 4.79 Å². The minimum atomic E-state index is 0.119. The average molecular weight is 308 g/mol. The Labute approximate surface area is 128 Å². The van der Waals surface area contributed by atoms with Crippen LogP contribution in [0.3, 0.4) is 0 Å². The number of nitrogens with one attached hydrogen (secondary N) is 2. The highest BCUT2D eigenvalue weighted by Gasteiger charge is 2.20. The third-order valence-corrected chi connectivity index (χ3v) is 6.76. The molecular formula is C15H20N2OS2. The highest BCUT2D eigenvalue weighted by molar-refractivity contribution is 8.19. The molecule has 1 amide bonds. The van der Waals surface area contributed by atoms with Crippen LogP contribution in [-0.4, -0.2) is 30.0 Å². The van der Waals surface area contributed by atoms with Gasteiger partial charge >= 0.3 is 0 Å². The summed E-state index contributed by atoms with van der Waals surface area (Å²) in [6.45, 7) is 1.05. The van der Waals surface area contributed by atoms with E-state index >= 15 is 0 Å². The van der Waals surface area contributed by atoms with Gasteiger partial charge in [0.1, 0.15) is 0 Å². The number of carbonyl (C=O) groups excluding carboxylic acids is 1. The van der Waals surface area contributed by atoms with Gasteiger partial charge in [0.2, 0.25) is 5.91 Å². The topological polar surface area (TPSA) is 41.1 Å². The summed E-state index contributed by atoms with van der Waals surface area (Å²) in [5, 5.41) is 6.40. The number of thioether (sulfide) groups is 2. The lowest BCUT2D eigenvalue weighted by atomic mass is 10.1. The zero-order valence-corrected chi connectivity index (χ0v) is 13.1. The summed E-state index contributed by atoms with van der Waals surface area (Å²) in [5.41, 5.74) is 2.24. The normalized spacial score (nSPS) is 23.1. The number of anilines is 1. The Kier molecular flexibility index (Phi) is 4.91. The molecule has 20 heavy (non-hydrogen) atoms. The molecule has 3 nitrogen and oxygen atoms in total. The molecule has 1 aromatic carbocycles. The van der Waals surface area contributed by atoms with E-state index in [4.69, 9.17) is 0 Å². The summed E-state index contributed by atoms with van der Waals surface area (Å²) in [4.78, 5) is 12.0. The zero-order chi connectivity index (χ0) is 13.8. The standard InChI is InChI=1S/C15H20N2OS2/c18-14(10-12-5-2-6-16-12)17-13-4-1-3-11(9-13)15-19-7-8-20-15/h1,3-4,9,12,15-16H,2,5-8,10H2,(H,17,18). The van der Waals surface area contributed by atoms with Crippen LogP contribution in [-0.2, 0) is 4.79 Å². The van der Waals surface area contributed by atoms with Crippen molar-refractivity contribution in [1.82, 2.24) is 5.32 Å². The van der Waals surface area contributed by atoms with E-state index in [1.54, 1.807) is 0 Å². The molecule has 0 aliphatic carbocycles. The van der Waals surface area contributed by atoms with E-state index in [1.807, 2.05) is 35.7 Å². The maximum atomic E-state index is 12.0. The highest BCUT2D eigenvalue weighted by atomic mass is 32.2. The smallest absolute Gasteiger partial charge is 0.225 e. The van der Waals surface area contributed by atoms with Crippen LogP contribution in [0.25, 0.3) is 0 Å². The van der Waals surface area contributed by atoms with Crippen LogP contribution in [0, 0.1) is 0 Å². The van der Waals surface area contributed by atoms with Crippen molar-refractivity contribution in [3.05, 3.63) is 29.8 Å². The Balaban J connectivity index is 1.58. The summed E-state index contributed by atoms with van der Waals surface area (Å²) in [6.07, 6.45) is 2.88. The number of benzene rings is 1. The Morgan fingerprint density at radius 2 is 2.20 bits per heavy atom. The summed E-state index contributed by atoms with van der Waals surface area (Å²) < 4.78 is 0.531. The van der Waals surface area contributed by atoms with Gasteiger partial charge in [0.25, 0.3) is 0 Å². The van der Waals surface area contributed by atoms with E-state index in [0.717, 1.165) is 18.7 Å². The molecule has 2 N–H and O–H groups in total. The average Bonchev–Trinajstić information content (AvgIpc) is 3.11. The maximum Gasteiger partial charge on any atom is 0.225 e. The molecule has 2 aliphatic heterocycles. The molecule has 5 heteroatoms. The summed E-state index contributed by atoms with van der Waals surface area (Å²) >= 11 is 3.98. The van der Waals surface area contributed by atoms with Gasteiger partial charge in [0, 0.05) is 29.7 Å². The van der Waals surface area contributed by atoms with E-state index in [1.165, 1.54) is 23.5 Å². The van der Waals surface area contributed by atoms with Gasteiger partial charge in [0.15, 0.2) is 0 Å². The first-order chi connectivity index (χ1) is 9.81. The van der Waals surface area contributed by atoms with Crippen LogP contribution in [0.15, 0.2) is 24.3 Å². The third-order valence-electron chi connectivity index (χ3n) is 3.66. The minimum absolute atomic E-state index is 0.119. The van der Waals surface area contributed by atoms with Gasteiger partial charge in [-0.1, -0.05) is 12.1 Å². The Hall–Kier alpha value is -0.650. The maximum absolute atomic E-state index is 12.0. The molecule has 2 heterocycles. The molecule has 108 valence electrons. The minimum Gasteiger partial charge on any atom is -0.326 e. The van der Waals surface area contributed by atoms with E-state index in [2.05, 4.69) is 22.8 Å². The second-order valence-electron chi connectivity index (χ2n) is 5.24. The first-order valence-electron chi connectivity index (χ1n) is 7.18. The molecule has 2 aliphatic rings. The Morgan fingerprint density at radius 3 is 2.95 bits per heavy atom. The molecule has 1 unspecified atom stereocenters. The Bertz CT molecular complexity index is 469. The third kappa shape index (κ3) is 3.71. The molecule has 3 rings (SSSR count). The van der Waals surface area contributed by atoms with Crippen molar-refractivity contribution in [1.29, 1.82) is 0 Å². The van der Waals surface area contributed by atoms with Gasteiger partial charge in [-0.2, -0.15) is 0 Å². The zero-order valence-electron chi connectivity index (χ0n) is 11.4. The predicted octanol–water partition coefficient (Wildman–Crippen LogP) is 3.25. The van der Waals surface area contributed by atoms with Gasteiger partial charge in [0.05, 0.1) is 4.58 Å². The number of hydrogen-bond acceptors (Lipinski definition) is 4. The van der Waals surface area contributed by atoms with Gasteiger partial charge in [-0.25, -0.2) is 0 Å². The summed E-state index contributed by atoms with van der Waals surface area (Å²) in [7, 11) is 0. The van der Waals surface area contributed by atoms with Crippen LogP contribution in [0.2, 0.25) is 0 Å². The van der Waals surface area contributed by atoms with E-state index in [0.29, 0.717) is 17.0 Å². The van der Waals surface area contributed by atoms with Crippen molar-refractivity contribution in [2.24, 2.45) is 0 Å². The van der Waals surface area contributed by atoms with Crippen molar-refractivity contribution in [3.63, 3.8) is 0 Å². The molecule has 2 fully saturated rings. The van der Waals surface area contributed by atoms with Crippen LogP contribution >= 0.6 is 23.5 Å². The first-order valence-corrected chi connectivity index (χ1v) is 9.27. The van der Waals surface area contributed by atoms with Crippen molar-refractivity contribution >= 4 is 35.1 Å². The molecule has 0 radical (unpaired) electrons. The van der Waals surface area contributed by atoms with Crippen molar-refractivity contribution in [3.8, 4) is 0 Å². The van der Waals surface area contributed by atoms with Crippen LogP contribution in [0.4, 0.5) is 5.69 Å². The van der Waals surface area contributed by atoms with Gasteiger partial charge in [-0.05, 0) is 37.1 Å². The van der Waals surface area contributed by atoms with Crippen molar-refractivity contribution < 1.29 is 4.79 Å². The van der Waals surface area contributed by atoms with Gasteiger partial charge in [-0.15, -0.1) is 23.5 Å². The lowest BCUT2D eigenvalue weighted by Crippen LogP contribution is -2.27.